The number of anilines is 1. The number of pyridine rings is 1. The van der Waals surface area contributed by atoms with Crippen LogP contribution in [0.4, 0.5) is 5.82 Å². The highest BCUT2D eigenvalue weighted by Crippen LogP contribution is 2.27. The molecule has 2 heterocycles. The summed E-state index contributed by atoms with van der Waals surface area (Å²) >= 11 is 6.42. The second-order valence-electron chi connectivity index (χ2n) is 7.26. The number of benzene rings is 2. The molecule has 0 aliphatic carbocycles. The summed E-state index contributed by atoms with van der Waals surface area (Å²) < 4.78 is 0. The van der Waals surface area contributed by atoms with Crippen LogP contribution in [0.15, 0.2) is 54.7 Å². The van der Waals surface area contributed by atoms with E-state index in [2.05, 4.69) is 50.4 Å². The Kier molecular flexibility index (Phi) is 5.34. The van der Waals surface area contributed by atoms with Crippen molar-refractivity contribution in [1.82, 2.24) is 20.1 Å². The van der Waals surface area contributed by atoms with E-state index >= 15 is 0 Å². The molecule has 0 aliphatic heterocycles. The number of hydrogen-bond acceptors (Lipinski definition) is 4. The molecule has 0 aliphatic rings. The lowest BCUT2D eigenvalue weighted by atomic mass is 10.0. The number of nitrogens with one attached hydrogen (secondary N) is 1. The molecule has 0 unspecified atom stereocenters. The van der Waals surface area contributed by atoms with E-state index in [1.807, 2.05) is 44.4 Å². The number of H-pyrrole nitrogens is 1. The number of hydrogen-bond donors (Lipinski definition) is 2. The number of aromatic nitrogens is 3. The first-order valence-electron chi connectivity index (χ1n) is 9.31. The Balaban J connectivity index is 1.59. The molecule has 0 saturated carbocycles. The zero-order valence-electron chi connectivity index (χ0n) is 16.4. The molecule has 29 heavy (non-hydrogen) atoms. The number of aromatic amines is 1. The van der Waals surface area contributed by atoms with Gasteiger partial charge in [-0.2, -0.15) is 5.10 Å². The summed E-state index contributed by atoms with van der Waals surface area (Å²) in [5, 5.41) is 9.40. The van der Waals surface area contributed by atoms with Gasteiger partial charge in [-0.25, -0.2) is 4.98 Å². The Morgan fingerprint density at radius 3 is 2.62 bits per heavy atom. The normalized spacial score (nSPS) is 11.7. The van der Waals surface area contributed by atoms with Crippen molar-refractivity contribution < 1.29 is 0 Å². The van der Waals surface area contributed by atoms with Crippen LogP contribution in [-0.2, 0) is 6.54 Å². The summed E-state index contributed by atoms with van der Waals surface area (Å²) in [4.78, 5) is 6.15. The second-order valence-corrected chi connectivity index (χ2v) is 7.67. The van der Waals surface area contributed by atoms with Gasteiger partial charge in [0.2, 0.25) is 0 Å². The molecular weight excluding hydrogens is 382 g/mol. The molecule has 5 nitrogen and oxygen atoms in total. The first-order chi connectivity index (χ1) is 14.0. The zero-order valence-corrected chi connectivity index (χ0v) is 17.1. The summed E-state index contributed by atoms with van der Waals surface area (Å²) in [5.41, 5.74) is 11.9. The third-order valence-electron chi connectivity index (χ3n) is 4.70. The van der Waals surface area contributed by atoms with Crippen molar-refractivity contribution in [3.05, 3.63) is 76.6 Å². The highest BCUT2D eigenvalue weighted by Gasteiger charge is 2.07. The standard InChI is InChI=1S/C23H22ClN5/c1-29(2)14-18-5-3-15(11-20(18)24)4-8-21-19-7-6-16(12-22(19)28-27-21)17-9-10-26-23(25)13-17/h3-13H,14H2,1-2H3,(H2,25,26)(H,27,28)/b8-4+. The van der Waals surface area contributed by atoms with Crippen LogP contribution < -0.4 is 5.73 Å². The van der Waals surface area contributed by atoms with Gasteiger partial charge in [0.05, 0.1) is 11.2 Å². The first kappa shape index (κ1) is 19.2. The van der Waals surface area contributed by atoms with Gasteiger partial charge in [0.15, 0.2) is 0 Å². The number of halogens is 1. The lowest BCUT2D eigenvalue weighted by Crippen LogP contribution is -2.10. The second kappa shape index (κ2) is 8.07. The molecule has 2 aromatic heterocycles. The Labute approximate surface area is 174 Å². The predicted octanol–water partition coefficient (Wildman–Crippen LogP) is 5.09. The molecule has 0 saturated heterocycles. The van der Waals surface area contributed by atoms with Gasteiger partial charge in [-0.3, -0.25) is 5.10 Å². The van der Waals surface area contributed by atoms with Crippen LogP contribution in [0.25, 0.3) is 34.2 Å². The van der Waals surface area contributed by atoms with E-state index < -0.39 is 0 Å². The highest BCUT2D eigenvalue weighted by atomic mass is 35.5. The van der Waals surface area contributed by atoms with E-state index in [1.165, 1.54) is 0 Å². The molecule has 0 spiro atoms. The molecule has 4 rings (SSSR count). The summed E-state index contributed by atoms with van der Waals surface area (Å²) in [6, 6.07) is 16.1. The maximum atomic E-state index is 6.42. The van der Waals surface area contributed by atoms with Crippen molar-refractivity contribution in [3.8, 4) is 11.1 Å². The third kappa shape index (κ3) is 4.31. The molecule has 3 N–H and O–H groups in total. The number of rotatable bonds is 5. The molecule has 2 aromatic carbocycles. The van der Waals surface area contributed by atoms with E-state index in [1.54, 1.807) is 6.20 Å². The topological polar surface area (TPSA) is 70.8 Å². The van der Waals surface area contributed by atoms with Gasteiger partial charge in [-0.1, -0.05) is 35.9 Å². The van der Waals surface area contributed by atoms with Gasteiger partial charge < -0.3 is 10.6 Å². The largest absolute Gasteiger partial charge is 0.384 e. The van der Waals surface area contributed by atoms with Crippen molar-refractivity contribution in [1.29, 1.82) is 0 Å². The van der Waals surface area contributed by atoms with E-state index in [-0.39, 0.29) is 0 Å². The maximum Gasteiger partial charge on any atom is 0.123 e. The maximum absolute atomic E-state index is 6.42. The van der Waals surface area contributed by atoms with Crippen molar-refractivity contribution >= 4 is 40.5 Å². The third-order valence-corrected chi connectivity index (χ3v) is 5.06. The van der Waals surface area contributed by atoms with Crippen molar-refractivity contribution in [2.45, 2.75) is 6.54 Å². The van der Waals surface area contributed by atoms with E-state index in [4.69, 9.17) is 17.3 Å². The van der Waals surface area contributed by atoms with Crippen LogP contribution >= 0.6 is 11.6 Å². The monoisotopic (exact) mass is 403 g/mol. The zero-order chi connectivity index (χ0) is 20.4. The molecule has 146 valence electrons. The lowest BCUT2D eigenvalue weighted by Gasteiger charge is -2.11. The molecule has 6 heteroatoms. The van der Waals surface area contributed by atoms with Crippen LogP contribution in [0.5, 0.6) is 0 Å². The van der Waals surface area contributed by atoms with Gasteiger partial charge in [0, 0.05) is 23.2 Å². The summed E-state index contributed by atoms with van der Waals surface area (Å²) in [6.07, 6.45) is 5.74. The van der Waals surface area contributed by atoms with Crippen LogP contribution in [0.2, 0.25) is 5.02 Å². The molecular formula is C23H22ClN5. The van der Waals surface area contributed by atoms with Crippen molar-refractivity contribution in [3.63, 3.8) is 0 Å². The van der Waals surface area contributed by atoms with E-state index in [0.29, 0.717) is 5.82 Å². The lowest BCUT2D eigenvalue weighted by molar-refractivity contribution is 0.402. The van der Waals surface area contributed by atoms with Crippen LogP contribution in [0.1, 0.15) is 16.8 Å². The van der Waals surface area contributed by atoms with E-state index in [0.717, 1.165) is 50.4 Å². The fourth-order valence-corrected chi connectivity index (χ4v) is 3.54. The Morgan fingerprint density at radius 1 is 1.03 bits per heavy atom. The number of nitrogen functional groups attached to an aromatic ring is 1. The molecule has 4 aromatic rings. The summed E-state index contributed by atoms with van der Waals surface area (Å²) in [5.74, 6) is 0.506. The molecule has 0 amide bonds. The quantitative estimate of drug-likeness (QED) is 0.486. The van der Waals surface area contributed by atoms with Crippen LogP contribution in [-0.4, -0.2) is 34.2 Å². The minimum atomic E-state index is 0.506. The average molecular weight is 404 g/mol. The van der Waals surface area contributed by atoms with Crippen molar-refractivity contribution in [2.75, 3.05) is 19.8 Å². The molecule has 0 radical (unpaired) electrons. The summed E-state index contributed by atoms with van der Waals surface area (Å²) in [7, 11) is 4.06. The fraction of sp³-hybridized carbons (Fsp3) is 0.130. The highest BCUT2D eigenvalue weighted by molar-refractivity contribution is 6.31. The SMILES string of the molecule is CN(C)Cc1ccc(/C=C/c2n[nH]c3cc(-c4ccnc(N)c4)ccc23)cc1Cl. The van der Waals surface area contributed by atoms with Gasteiger partial charge in [0.1, 0.15) is 5.82 Å². The van der Waals surface area contributed by atoms with Gasteiger partial charge >= 0.3 is 0 Å². The first-order valence-corrected chi connectivity index (χ1v) is 9.68. The van der Waals surface area contributed by atoms with Crippen LogP contribution in [0.3, 0.4) is 0 Å². The summed E-state index contributed by atoms with van der Waals surface area (Å²) in [6.45, 7) is 0.818. The van der Waals surface area contributed by atoms with Gasteiger partial charge in [0.25, 0.3) is 0 Å². The van der Waals surface area contributed by atoms with Crippen molar-refractivity contribution in [2.24, 2.45) is 0 Å². The predicted molar refractivity (Wildman–Crippen MR) is 122 cm³/mol. The number of nitrogens with two attached hydrogens (primary N) is 1. The molecule has 0 atom stereocenters. The van der Waals surface area contributed by atoms with Gasteiger partial charge in [-0.05, 0) is 72.8 Å². The Bertz CT molecular complexity index is 1190. The number of fused-ring (bicyclic) bond motifs is 1. The molecule has 0 bridgehead atoms. The number of nitrogens with zero attached hydrogens (tertiary/aromatic N) is 3. The minimum Gasteiger partial charge on any atom is -0.384 e. The molecule has 0 fully saturated rings. The Morgan fingerprint density at radius 2 is 1.86 bits per heavy atom. The Hall–Kier alpha value is -3.15. The van der Waals surface area contributed by atoms with Crippen LogP contribution in [0, 0.1) is 0 Å². The van der Waals surface area contributed by atoms with Gasteiger partial charge in [-0.15, -0.1) is 0 Å². The minimum absolute atomic E-state index is 0.506. The van der Waals surface area contributed by atoms with E-state index in [9.17, 15) is 0 Å². The average Bonchev–Trinajstić information content (AvgIpc) is 3.10. The smallest absolute Gasteiger partial charge is 0.123 e. The fourth-order valence-electron chi connectivity index (χ4n) is 3.29.